The third-order valence-electron chi connectivity index (χ3n) is 6.94. The minimum Gasteiger partial charge on any atom is -0.454 e. The summed E-state index contributed by atoms with van der Waals surface area (Å²) in [7, 11) is 0. The van der Waals surface area contributed by atoms with Crippen LogP contribution in [0.5, 0.6) is 11.5 Å². The number of rotatable bonds is 4. The van der Waals surface area contributed by atoms with Gasteiger partial charge < -0.3 is 19.3 Å². The van der Waals surface area contributed by atoms with Gasteiger partial charge in [-0.15, -0.1) is 0 Å². The number of nitrogens with zero attached hydrogens (tertiary/aromatic N) is 4. The predicted molar refractivity (Wildman–Crippen MR) is 127 cm³/mol. The molecule has 8 heteroatoms. The highest BCUT2D eigenvalue weighted by atomic mass is 16.7. The lowest BCUT2D eigenvalue weighted by Crippen LogP contribution is -2.50. The summed E-state index contributed by atoms with van der Waals surface area (Å²) in [5.41, 5.74) is 2.99. The van der Waals surface area contributed by atoms with E-state index in [-0.39, 0.29) is 30.9 Å². The molecule has 3 aromatic rings. The van der Waals surface area contributed by atoms with Crippen molar-refractivity contribution in [2.75, 3.05) is 44.4 Å². The molecule has 2 aromatic carbocycles. The van der Waals surface area contributed by atoms with Crippen LogP contribution in [0, 0.1) is 5.92 Å². The Labute approximate surface area is 197 Å². The van der Waals surface area contributed by atoms with Gasteiger partial charge in [0.1, 0.15) is 0 Å². The number of anilines is 1. The summed E-state index contributed by atoms with van der Waals surface area (Å²) in [6.07, 6.45) is 2.08. The second-order valence-corrected chi connectivity index (χ2v) is 9.04. The SMILES string of the molecule is O=C(C1CC(=O)N(c2ccc3c(c2)OCO3)C1)N1CCN(Cc2cccc3cccnc23)CC1. The molecular formula is C26H26N4O4. The van der Waals surface area contributed by atoms with Crippen molar-refractivity contribution in [1.82, 2.24) is 14.8 Å². The number of fused-ring (bicyclic) bond motifs is 2. The zero-order valence-electron chi connectivity index (χ0n) is 18.9. The van der Waals surface area contributed by atoms with Crippen LogP contribution in [0.3, 0.4) is 0 Å². The summed E-state index contributed by atoms with van der Waals surface area (Å²) < 4.78 is 10.8. The predicted octanol–water partition coefficient (Wildman–Crippen LogP) is 2.66. The van der Waals surface area contributed by atoms with E-state index in [0.29, 0.717) is 31.1 Å². The average Bonchev–Trinajstić information content (AvgIpc) is 3.50. The number of hydrogen-bond acceptors (Lipinski definition) is 6. The van der Waals surface area contributed by atoms with Crippen LogP contribution in [-0.4, -0.2) is 66.1 Å². The van der Waals surface area contributed by atoms with Gasteiger partial charge in [-0.25, -0.2) is 0 Å². The monoisotopic (exact) mass is 458 g/mol. The minimum atomic E-state index is -0.313. The minimum absolute atomic E-state index is 0.0284. The van der Waals surface area contributed by atoms with Crippen molar-refractivity contribution in [2.24, 2.45) is 5.92 Å². The van der Waals surface area contributed by atoms with Gasteiger partial charge in [-0.1, -0.05) is 24.3 Å². The molecule has 2 amide bonds. The molecule has 1 atom stereocenters. The largest absolute Gasteiger partial charge is 0.454 e. The Kier molecular flexibility index (Phi) is 5.30. The van der Waals surface area contributed by atoms with Gasteiger partial charge >= 0.3 is 0 Å². The summed E-state index contributed by atoms with van der Waals surface area (Å²) in [4.78, 5) is 36.5. The summed E-state index contributed by atoms with van der Waals surface area (Å²) in [6.45, 7) is 4.37. The average molecular weight is 459 g/mol. The van der Waals surface area contributed by atoms with E-state index in [4.69, 9.17) is 9.47 Å². The summed E-state index contributed by atoms with van der Waals surface area (Å²) in [5, 5.41) is 1.15. The molecule has 0 N–H and O–H groups in total. The molecule has 0 spiro atoms. The summed E-state index contributed by atoms with van der Waals surface area (Å²) in [6, 6.07) is 15.8. The van der Waals surface area contributed by atoms with Gasteiger partial charge in [-0.05, 0) is 23.8 Å². The second kappa shape index (κ2) is 8.61. The van der Waals surface area contributed by atoms with Gasteiger partial charge in [0.05, 0.1) is 11.4 Å². The Morgan fingerprint density at radius 2 is 1.82 bits per heavy atom. The van der Waals surface area contributed by atoms with Crippen molar-refractivity contribution in [3.8, 4) is 11.5 Å². The quantitative estimate of drug-likeness (QED) is 0.599. The van der Waals surface area contributed by atoms with E-state index in [0.717, 1.165) is 36.2 Å². The van der Waals surface area contributed by atoms with Crippen molar-refractivity contribution in [2.45, 2.75) is 13.0 Å². The molecule has 2 fully saturated rings. The van der Waals surface area contributed by atoms with Crippen LogP contribution >= 0.6 is 0 Å². The highest BCUT2D eigenvalue weighted by molar-refractivity contribution is 6.00. The molecule has 3 aliphatic rings. The van der Waals surface area contributed by atoms with Gasteiger partial charge in [0.15, 0.2) is 11.5 Å². The van der Waals surface area contributed by atoms with E-state index in [1.807, 2.05) is 35.4 Å². The van der Waals surface area contributed by atoms with Crippen molar-refractivity contribution >= 4 is 28.4 Å². The number of ether oxygens (including phenoxy) is 2. The zero-order chi connectivity index (χ0) is 23.1. The van der Waals surface area contributed by atoms with Crippen LogP contribution in [-0.2, 0) is 16.1 Å². The van der Waals surface area contributed by atoms with Crippen molar-refractivity contribution in [3.63, 3.8) is 0 Å². The van der Waals surface area contributed by atoms with E-state index in [9.17, 15) is 9.59 Å². The lowest BCUT2D eigenvalue weighted by molar-refractivity contribution is -0.137. The van der Waals surface area contributed by atoms with Crippen LogP contribution in [0.25, 0.3) is 10.9 Å². The number of para-hydroxylation sites is 1. The number of carbonyl (C=O) groups excluding carboxylic acids is 2. The lowest BCUT2D eigenvalue weighted by Gasteiger charge is -2.36. The van der Waals surface area contributed by atoms with Crippen LogP contribution < -0.4 is 14.4 Å². The molecule has 1 unspecified atom stereocenters. The standard InChI is InChI=1S/C26H26N4O4/c31-24-13-20(16-30(24)21-6-7-22-23(14-21)34-17-33-22)26(32)29-11-9-28(10-12-29)15-19-4-1-3-18-5-2-8-27-25(18)19/h1-8,14,20H,9-13,15-17H2. The molecule has 8 nitrogen and oxygen atoms in total. The normalized spacial score (nSPS) is 20.4. The summed E-state index contributed by atoms with van der Waals surface area (Å²) >= 11 is 0. The zero-order valence-corrected chi connectivity index (χ0v) is 18.9. The first-order valence-corrected chi connectivity index (χ1v) is 11.7. The van der Waals surface area contributed by atoms with Crippen LogP contribution in [0.15, 0.2) is 54.7 Å². The van der Waals surface area contributed by atoms with E-state index >= 15 is 0 Å². The third-order valence-corrected chi connectivity index (χ3v) is 6.94. The smallest absolute Gasteiger partial charge is 0.231 e. The Bertz CT molecular complexity index is 1250. The third kappa shape index (κ3) is 3.84. The molecule has 6 rings (SSSR count). The van der Waals surface area contributed by atoms with Crippen molar-refractivity contribution in [1.29, 1.82) is 0 Å². The molecule has 34 heavy (non-hydrogen) atoms. The van der Waals surface area contributed by atoms with Crippen molar-refractivity contribution < 1.29 is 19.1 Å². The van der Waals surface area contributed by atoms with Crippen molar-refractivity contribution in [3.05, 3.63) is 60.3 Å². The number of piperazine rings is 1. The number of pyridine rings is 1. The Morgan fingerprint density at radius 3 is 2.71 bits per heavy atom. The fraction of sp³-hybridized carbons (Fsp3) is 0.346. The molecule has 0 aliphatic carbocycles. The molecule has 0 bridgehead atoms. The molecule has 0 saturated carbocycles. The number of aromatic nitrogens is 1. The fourth-order valence-corrected chi connectivity index (χ4v) is 5.10. The van der Waals surface area contributed by atoms with E-state index in [1.54, 1.807) is 4.90 Å². The molecule has 174 valence electrons. The Morgan fingerprint density at radius 1 is 1.00 bits per heavy atom. The van der Waals surface area contributed by atoms with Crippen LogP contribution in [0.1, 0.15) is 12.0 Å². The highest BCUT2D eigenvalue weighted by Crippen LogP contribution is 2.37. The topological polar surface area (TPSA) is 75.2 Å². The van der Waals surface area contributed by atoms with E-state index in [2.05, 4.69) is 34.1 Å². The molecular weight excluding hydrogens is 432 g/mol. The number of amides is 2. The molecule has 4 heterocycles. The first kappa shape index (κ1) is 20.9. The van der Waals surface area contributed by atoms with Gasteiger partial charge in [0, 0.05) is 69.0 Å². The van der Waals surface area contributed by atoms with Gasteiger partial charge in [-0.2, -0.15) is 0 Å². The van der Waals surface area contributed by atoms with E-state index < -0.39 is 0 Å². The number of benzene rings is 2. The lowest BCUT2D eigenvalue weighted by atomic mass is 10.1. The fourth-order valence-electron chi connectivity index (χ4n) is 5.10. The first-order valence-electron chi connectivity index (χ1n) is 11.7. The van der Waals surface area contributed by atoms with Gasteiger partial charge in [0.25, 0.3) is 0 Å². The maximum Gasteiger partial charge on any atom is 0.231 e. The number of hydrogen-bond donors (Lipinski definition) is 0. The highest BCUT2D eigenvalue weighted by Gasteiger charge is 2.38. The van der Waals surface area contributed by atoms with E-state index in [1.165, 1.54) is 5.56 Å². The Balaban J connectivity index is 1.07. The van der Waals surface area contributed by atoms with Crippen LogP contribution in [0.2, 0.25) is 0 Å². The molecule has 0 radical (unpaired) electrons. The maximum atomic E-state index is 13.2. The second-order valence-electron chi connectivity index (χ2n) is 9.04. The summed E-state index contributed by atoms with van der Waals surface area (Å²) in [5.74, 6) is 1.05. The van der Waals surface area contributed by atoms with Gasteiger partial charge in [-0.3, -0.25) is 19.5 Å². The molecule has 2 saturated heterocycles. The first-order chi connectivity index (χ1) is 16.7. The van der Waals surface area contributed by atoms with Gasteiger partial charge in [0.2, 0.25) is 18.6 Å². The number of carbonyl (C=O) groups is 2. The Hall–Kier alpha value is -3.65. The maximum absolute atomic E-state index is 13.2. The van der Waals surface area contributed by atoms with Crippen LogP contribution in [0.4, 0.5) is 5.69 Å². The molecule has 3 aliphatic heterocycles. The molecule has 1 aromatic heterocycles.